The highest BCUT2D eigenvalue weighted by molar-refractivity contribution is 5.79. The number of carbonyl (C=O) groups is 1. The number of morpholine rings is 1. The summed E-state index contributed by atoms with van der Waals surface area (Å²) in [5.74, 6) is 1.49. The van der Waals surface area contributed by atoms with Gasteiger partial charge in [0.05, 0.1) is 18.8 Å². The molecule has 2 heterocycles. The van der Waals surface area contributed by atoms with E-state index in [9.17, 15) is 4.79 Å². The van der Waals surface area contributed by atoms with Gasteiger partial charge in [-0.1, -0.05) is 12.2 Å². The van der Waals surface area contributed by atoms with Crippen LogP contribution in [-0.2, 0) is 9.53 Å². The fourth-order valence-electron chi connectivity index (χ4n) is 4.08. The van der Waals surface area contributed by atoms with Crippen molar-refractivity contribution in [1.29, 1.82) is 0 Å². The highest BCUT2D eigenvalue weighted by atomic mass is 16.5. The number of allylic oxidation sites excluding steroid dienone is 2. The smallest absolute Gasteiger partial charge is 0.226 e. The van der Waals surface area contributed by atoms with E-state index in [1.165, 1.54) is 19.4 Å². The fraction of sp³-hybridized carbons (Fsp3) is 0.824. The normalized spacial score (nSPS) is 34.2. The minimum Gasteiger partial charge on any atom is -0.375 e. The van der Waals surface area contributed by atoms with E-state index in [1.807, 2.05) is 0 Å². The van der Waals surface area contributed by atoms with E-state index in [4.69, 9.17) is 4.74 Å². The van der Waals surface area contributed by atoms with Gasteiger partial charge in [-0.25, -0.2) is 0 Å². The fourth-order valence-corrected chi connectivity index (χ4v) is 4.08. The lowest BCUT2D eigenvalue weighted by Crippen LogP contribution is -2.61. The second-order valence-corrected chi connectivity index (χ2v) is 7.13. The average molecular weight is 290 g/mol. The van der Waals surface area contributed by atoms with Crippen molar-refractivity contribution < 1.29 is 9.53 Å². The Morgan fingerprint density at radius 1 is 1.14 bits per heavy atom. The molecule has 0 radical (unpaired) electrons. The minimum atomic E-state index is 0.211. The summed E-state index contributed by atoms with van der Waals surface area (Å²) in [7, 11) is 0. The van der Waals surface area contributed by atoms with E-state index in [0.717, 1.165) is 51.4 Å². The van der Waals surface area contributed by atoms with Crippen molar-refractivity contribution in [1.82, 2.24) is 9.80 Å². The second kappa shape index (κ2) is 5.73. The molecule has 2 aliphatic heterocycles. The predicted octanol–water partition coefficient (Wildman–Crippen LogP) is 1.66. The van der Waals surface area contributed by atoms with Crippen molar-refractivity contribution in [3.05, 3.63) is 12.2 Å². The molecule has 0 bridgehead atoms. The molecule has 2 atom stereocenters. The second-order valence-electron chi connectivity index (χ2n) is 7.13. The molecular formula is C17H26N2O2. The van der Waals surface area contributed by atoms with Crippen LogP contribution in [0.4, 0.5) is 0 Å². The molecule has 4 aliphatic rings. The quantitative estimate of drug-likeness (QED) is 0.741. The van der Waals surface area contributed by atoms with E-state index < -0.39 is 0 Å². The molecule has 1 amide bonds. The van der Waals surface area contributed by atoms with Gasteiger partial charge in [0.1, 0.15) is 0 Å². The number of likely N-dealkylation sites (tertiary alicyclic amines) is 1. The van der Waals surface area contributed by atoms with Crippen LogP contribution in [-0.4, -0.2) is 60.6 Å². The summed E-state index contributed by atoms with van der Waals surface area (Å²) in [5, 5.41) is 0. The Morgan fingerprint density at radius 3 is 2.71 bits per heavy atom. The Hall–Kier alpha value is -0.870. The van der Waals surface area contributed by atoms with Crippen LogP contribution in [0, 0.1) is 11.8 Å². The summed E-state index contributed by atoms with van der Waals surface area (Å²) in [4.78, 5) is 17.4. The molecule has 1 saturated carbocycles. The van der Waals surface area contributed by atoms with Gasteiger partial charge in [0.15, 0.2) is 0 Å². The molecule has 0 aromatic heterocycles. The minimum absolute atomic E-state index is 0.211. The number of fused-ring (bicyclic) bond motifs is 1. The molecule has 0 unspecified atom stereocenters. The third-order valence-corrected chi connectivity index (χ3v) is 5.56. The Morgan fingerprint density at radius 2 is 1.95 bits per heavy atom. The highest BCUT2D eigenvalue weighted by Crippen LogP contribution is 2.33. The number of rotatable bonds is 3. The van der Waals surface area contributed by atoms with Crippen molar-refractivity contribution in [3.8, 4) is 0 Å². The molecule has 2 aliphatic carbocycles. The summed E-state index contributed by atoms with van der Waals surface area (Å²) < 4.78 is 5.98. The van der Waals surface area contributed by atoms with Crippen molar-refractivity contribution in [3.63, 3.8) is 0 Å². The molecule has 0 aromatic carbocycles. The molecule has 116 valence electrons. The van der Waals surface area contributed by atoms with Crippen LogP contribution in [0.3, 0.4) is 0 Å². The Kier molecular flexibility index (Phi) is 3.76. The Labute approximate surface area is 127 Å². The van der Waals surface area contributed by atoms with Crippen LogP contribution in [0.25, 0.3) is 0 Å². The standard InChI is InChI=1S/C17H26N2O2/c20-17(14-3-1-2-4-14)19-8-7-16-15(12-19)18(9-10-21-16)11-13-5-6-13/h1-2,13-16H,3-12H2/t15-,16-/m1/s1. The van der Waals surface area contributed by atoms with E-state index in [0.29, 0.717) is 18.1 Å². The van der Waals surface area contributed by atoms with Crippen molar-refractivity contribution in [2.24, 2.45) is 11.8 Å². The monoisotopic (exact) mass is 290 g/mol. The van der Waals surface area contributed by atoms with Crippen LogP contribution in [0.15, 0.2) is 12.2 Å². The largest absolute Gasteiger partial charge is 0.375 e. The summed E-state index contributed by atoms with van der Waals surface area (Å²) in [6.45, 7) is 4.90. The van der Waals surface area contributed by atoms with E-state index in [-0.39, 0.29) is 5.92 Å². The number of nitrogens with zero attached hydrogens (tertiary/aromatic N) is 2. The molecular weight excluding hydrogens is 264 g/mol. The van der Waals surface area contributed by atoms with Gasteiger partial charge in [-0.15, -0.1) is 0 Å². The molecule has 4 nitrogen and oxygen atoms in total. The summed E-state index contributed by atoms with van der Waals surface area (Å²) >= 11 is 0. The van der Waals surface area contributed by atoms with Gasteiger partial charge in [-0.3, -0.25) is 9.69 Å². The molecule has 4 heteroatoms. The van der Waals surface area contributed by atoms with Gasteiger partial charge < -0.3 is 9.64 Å². The number of hydrogen-bond donors (Lipinski definition) is 0. The van der Waals surface area contributed by atoms with Crippen LogP contribution >= 0.6 is 0 Å². The van der Waals surface area contributed by atoms with E-state index in [2.05, 4.69) is 22.0 Å². The molecule has 21 heavy (non-hydrogen) atoms. The first-order valence-electron chi connectivity index (χ1n) is 8.60. The topological polar surface area (TPSA) is 32.8 Å². The Balaban J connectivity index is 1.41. The molecule has 4 rings (SSSR count). The maximum absolute atomic E-state index is 12.6. The summed E-state index contributed by atoms with van der Waals surface area (Å²) in [6, 6.07) is 0.436. The zero-order valence-electron chi connectivity index (χ0n) is 12.7. The lowest BCUT2D eigenvalue weighted by molar-refractivity contribution is -0.146. The van der Waals surface area contributed by atoms with Gasteiger partial charge in [-0.2, -0.15) is 0 Å². The predicted molar refractivity (Wildman–Crippen MR) is 80.9 cm³/mol. The summed E-state index contributed by atoms with van der Waals surface area (Å²) in [5.41, 5.74) is 0. The van der Waals surface area contributed by atoms with Crippen molar-refractivity contribution >= 4 is 5.91 Å². The lowest BCUT2D eigenvalue weighted by atomic mass is 9.96. The zero-order chi connectivity index (χ0) is 14.2. The molecule has 2 saturated heterocycles. The average Bonchev–Trinajstić information content (AvgIpc) is 3.16. The maximum Gasteiger partial charge on any atom is 0.226 e. The Bertz CT molecular complexity index is 425. The molecule has 0 aromatic rings. The van der Waals surface area contributed by atoms with Gasteiger partial charge in [-0.05, 0) is 38.0 Å². The van der Waals surface area contributed by atoms with E-state index in [1.54, 1.807) is 0 Å². The van der Waals surface area contributed by atoms with Crippen LogP contribution in [0.5, 0.6) is 0 Å². The van der Waals surface area contributed by atoms with Gasteiger partial charge in [0.2, 0.25) is 5.91 Å². The van der Waals surface area contributed by atoms with Crippen molar-refractivity contribution in [2.45, 2.75) is 44.2 Å². The first kappa shape index (κ1) is 13.8. The molecule has 0 spiro atoms. The van der Waals surface area contributed by atoms with Crippen LogP contribution in [0.1, 0.15) is 32.1 Å². The number of carbonyl (C=O) groups excluding carboxylic acids is 1. The maximum atomic E-state index is 12.6. The van der Waals surface area contributed by atoms with Crippen LogP contribution < -0.4 is 0 Å². The first-order chi connectivity index (χ1) is 10.3. The molecule has 3 fully saturated rings. The third kappa shape index (κ3) is 2.88. The highest BCUT2D eigenvalue weighted by Gasteiger charge is 2.41. The number of ether oxygens (including phenoxy) is 1. The van der Waals surface area contributed by atoms with Crippen molar-refractivity contribution in [2.75, 3.05) is 32.8 Å². The van der Waals surface area contributed by atoms with Crippen LogP contribution in [0.2, 0.25) is 0 Å². The number of hydrogen-bond acceptors (Lipinski definition) is 3. The van der Waals surface area contributed by atoms with Gasteiger partial charge in [0.25, 0.3) is 0 Å². The number of amides is 1. The molecule has 0 N–H and O–H groups in total. The lowest BCUT2D eigenvalue weighted by Gasteiger charge is -2.47. The third-order valence-electron chi connectivity index (χ3n) is 5.56. The van der Waals surface area contributed by atoms with Gasteiger partial charge in [0, 0.05) is 32.1 Å². The zero-order valence-corrected chi connectivity index (χ0v) is 12.7. The first-order valence-corrected chi connectivity index (χ1v) is 8.60. The number of piperidine rings is 1. The van der Waals surface area contributed by atoms with Gasteiger partial charge >= 0.3 is 0 Å². The summed E-state index contributed by atoms with van der Waals surface area (Å²) in [6.07, 6.45) is 10.3. The van der Waals surface area contributed by atoms with E-state index >= 15 is 0 Å². The SMILES string of the molecule is O=C(C1CC=CC1)N1CC[C@H]2OCCN(CC3CC3)[C@@H]2C1.